The van der Waals surface area contributed by atoms with E-state index in [9.17, 15) is 4.79 Å². The van der Waals surface area contributed by atoms with E-state index in [0.29, 0.717) is 11.4 Å². The lowest BCUT2D eigenvalue weighted by Crippen LogP contribution is -2.10. The first-order valence-electron chi connectivity index (χ1n) is 5.67. The Labute approximate surface area is 107 Å². The molecule has 0 saturated heterocycles. The van der Waals surface area contributed by atoms with E-state index < -0.39 is 0 Å². The zero-order valence-corrected chi connectivity index (χ0v) is 10.9. The Hall–Kier alpha value is -2.17. The molecule has 1 heterocycles. The van der Waals surface area contributed by atoms with Gasteiger partial charge in [0.05, 0.1) is 11.9 Å². The normalized spacial score (nSPS) is 12.6. The maximum absolute atomic E-state index is 11.2. The summed E-state index contributed by atoms with van der Waals surface area (Å²) in [5, 5.41) is 0. The van der Waals surface area contributed by atoms with Crippen LogP contribution in [-0.4, -0.2) is 15.8 Å². The first-order chi connectivity index (χ1) is 8.47. The summed E-state index contributed by atoms with van der Waals surface area (Å²) in [7, 11) is 0. The van der Waals surface area contributed by atoms with Gasteiger partial charge in [0.25, 0.3) is 0 Å². The molecule has 0 aliphatic heterocycles. The number of allylic oxidation sites excluding steroid dienone is 3. The van der Waals surface area contributed by atoms with Crippen LogP contribution in [0.4, 0.5) is 5.82 Å². The zero-order valence-electron chi connectivity index (χ0n) is 10.9. The lowest BCUT2D eigenvalue weighted by Gasteiger charge is -2.07. The standard InChI is InChI=1S/C13H18N4O/c1-4-5-6-8(2)11(14)10-7-16-12(9(3)18)13(15)17-10/h4-5,7H,6,14H2,1-3H3,(H2,15,17)/b5-4-,11-8-. The molecule has 0 unspecified atom stereocenters. The molecule has 0 radical (unpaired) electrons. The SMILES string of the molecule is C/C=C\C/C(C)=C(\N)c1cnc(C(C)=O)c(N)n1. The third kappa shape index (κ3) is 3.16. The summed E-state index contributed by atoms with van der Waals surface area (Å²) in [4.78, 5) is 19.3. The van der Waals surface area contributed by atoms with E-state index in [0.717, 1.165) is 12.0 Å². The Kier molecular flexibility index (Phi) is 4.59. The predicted octanol–water partition coefficient (Wildman–Crippen LogP) is 1.92. The number of nitrogens with zero attached hydrogens (tertiary/aromatic N) is 2. The number of anilines is 1. The van der Waals surface area contributed by atoms with E-state index >= 15 is 0 Å². The van der Waals surface area contributed by atoms with E-state index in [1.165, 1.54) is 13.1 Å². The molecule has 1 aromatic heterocycles. The highest BCUT2D eigenvalue weighted by Gasteiger charge is 2.10. The van der Waals surface area contributed by atoms with Crippen LogP contribution in [0, 0.1) is 0 Å². The smallest absolute Gasteiger partial charge is 0.181 e. The molecule has 0 amide bonds. The van der Waals surface area contributed by atoms with Crippen molar-refractivity contribution in [3.8, 4) is 0 Å². The van der Waals surface area contributed by atoms with Gasteiger partial charge in [-0.15, -0.1) is 0 Å². The van der Waals surface area contributed by atoms with Gasteiger partial charge in [0.2, 0.25) is 0 Å². The number of Topliss-reactive ketones (excluding diaryl/α,β-unsaturated/α-hetero) is 1. The minimum atomic E-state index is -0.209. The van der Waals surface area contributed by atoms with E-state index in [2.05, 4.69) is 9.97 Å². The van der Waals surface area contributed by atoms with Gasteiger partial charge in [0.1, 0.15) is 11.4 Å². The molecule has 0 bridgehead atoms. The van der Waals surface area contributed by atoms with Crippen LogP contribution >= 0.6 is 0 Å². The van der Waals surface area contributed by atoms with Crippen molar-refractivity contribution in [2.75, 3.05) is 5.73 Å². The number of rotatable bonds is 4. The number of nitrogens with two attached hydrogens (primary N) is 2. The number of nitrogen functional groups attached to an aromatic ring is 1. The molecule has 5 nitrogen and oxygen atoms in total. The van der Waals surface area contributed by atoms with Crippen LogP contribution in [0.3, 0.4) is 0 Å². The van der Waals surface area contributed by atoms with Crippen LogP contribution in [-0.2, 0) is 0 Å². The summed E-state index contributed by atoms with van der Waals surface area (Å²) in [5.74, 6) is -0.0958. The van der Waals surface area contributed by atoms with Crippen LogP contribution in [0.25, 0.3) is 5.70 Å². The summed E-state index contributed by atoms with van der Waals surface area (Å²) < 4.78 is 0. The first kappa shape index (κ1) is 13.9. The fourth-order valence-electron chi connectivity index (χ4n) is 1.43. The maximum Gasteiger partial charge on any atom is 0.181 e. The van der Waals surface area contributed by atoms with Crippen molar-refractivity contribution in [1.29, 1.82) is 0 Å². The third-order valence-corrected chi connectivity index (χ3v) is 2.53. The Morgan fingerprint density at radius 3 is 2.61 bits per heavy atom. The van der Waals surface area contributed by atoms with Gasteiger partial charge in [-0.2, -0.15) is 0 Å². The molecule has 0 atom stereocenters. The van der Waals surface area contributed by atoms with E-state index in [-0.39, 0.29) is 17.3 Å². The molecule has 96 valence electrons. The Morgan fingerprint density at radius 1 is 1.44 bits per heavy atom. The molecule has 1 rings (SSSR count). The maximum atomic E-state index is 11.2. The van der Waals surface area contributed by atoms with Crippen molar-refractivity contribution in [2.24, 2.45) is 5.73 Å². The van der Waals surface area contributed by atoms with E-state index in [1.54, 1.807) is 0 Å². The van der Waals surface area contributed by atoms with Crippen molar-refractivity contribution < 1.29 is 4.79 Å². The Bertz CT molecular complexity index is 518. The summed E-state index contributed by atoms with van der Waals surface area (Å²) in [5.41, 5.74) is 13.9. The van der Waals surface area contributed by atoms with Crippen molar-refractivity contribution in [3.05, 3.63) is 35.3 Å². The quantitative estimate of drug-likeness (QED) is 0.625. The molecule has 0 spiro atoms. The highest BCUT2D eigenvalue weighted by Crippen LogP contribution is 2.16. The number of carbonyl (C=O) groups excluding carboxylic acids is 1. The van der Waals surface area contributed by atoms with Gasteiger partial charge in [-0.05, 0) is 25.8 Å². The molecule has 0 aliphatic rings. The number of ketones is 1. The molecule has 0 saturated carbocycles. The molecule has 0 aromatic carbocycles. The fourth-order valence-corrected chi connectivity index (χ4v) is 1.43. The van der Waals surface area contributed by atoms with Crippen LogP contribution in [0.2, 0.25) is 0 Å². The minimum absolute atomic E-state index is 0.113. The number of carbonyl (C=O) groups is 1. The summed E-state index contributed by atoms with van der Waals surface area (Å²) in [6, 6.07) is 0. The second kappa shape index (κ2) is 5.95. The first-order valence-corrected chi connectivity index (χ1v) is 5.67. The second-order valence-electron chi connectivity index (χ2n) is 4.01. The van der Waals surface area contributed by atoms with Gasteiger partial charge in [0.15, 0.2) is 11.6 Å². The zero-order chi connectivity index (χ0) is 13.7. The molecule has 0 fully saturated rings. The van der Waals surface area contributed by atoms with Gasteiger partial charge in [-0.25, -0.2) is 9.97 Å². The molecule has 18 heavy (non-hydrogen) atoms. The van der Waals surface area contributed by atoms with Gasteiger partial charge >= 0.3 is 0 Å². The van der Waals surface area contributed by atoms with Crippen molar-refractivity contribution in [1.82, 2.24) is 9.97 Å². The van der Waals surface area contributed by atoms with Crippen molar-refractivity contribution in [3.63, 3.8) is 0 Å². The number of aromatic nitrogens is 2. The van der Waals surface area contributed by atoms with Crippen molar-refractivity contribution >= 4 is 17.3 Å². The monoisotopic (exact) mass is 246 g/mol. The molecule has 4 N–H and O–H groups in total. The molecule has 1 aromatic rings. The highest BCUT2D eigenvalue weighted by molar-refractivity contribution is 5.96. The van der Waals surface area contributed by atoms with E-state index in [4.69, 9.17) is 11.5 Å². The fraction of sp³-hybridized carbons (Fsp3) is 0.308. The van der Waals surface area contributed by atoms with Gasteiger partial charge in [-0.1, -0.05) is 12.2 Å². The summed E-state index contributed by atoms with van der Waals surface area (Å²) in [6.07, 6.45) is 6.18. The molecular formula is C13H18N4O. The van der Waals surface area contributed by atoms with Crippen LogP contribution in [0.5, 0.6) is 0 Å². The Balaban J connectivity index is 3.11. The largest absolute Gasteiger partial charge is 0.397 e. The molecule has 0 aliphatic carbocycles. The average Bonchev–Trinajstić information content (AvgIpc) is 2.34. The van der Waals surface area contributed by atoms with Crippen LogP contribution < -0.4 is 11.5 Å². The molecule has 5 heteroatoms. The third-order valence-electron chi connectivity index (χ3n) is 2.53. The predicted molar refractivity (Wildman–Crippen MR) is 72.7 cm³/mol. The average molecular weight is 246 g/mol. The highest BCUT2D eigenvalue weighted by atomic mass is 16.1. The molecular weight excluding hydrogens is 228 g/mol. The number of hydrogen-bond donors (Lipinski definition) is 2. The second-order valence-corrected chi connectivity index (χ2v) is 4.01. The number of hydrogen-bond acceptors (Lipinski definition) is 5. The summed E-state index contributed by atoms with van der Waals surface area (Å²) in [6.45, 7) is 5.27. The summed E-state index contributed by atoms with van der Waals surface area (Å²) >= 11 is 0. The van der Waals surface area contributed by atoms with Crippen molar-refractivity contribution in [2.45, 2.75) is 27.2 Å². The van der Waals surface area contributed by atoms with Gasteiger partial charge in [-0.3, -0.25) is 4.79 Å². The Morgan fingerprint density at radius 2 is 2.11 bits per heavy atom. The van der Waals surface area contributed by atoms with Gasteiger partial charge < -0.3 is 11.5 Å². The topological polar surface area (TPSA) is 94.9 Å². The minimum Gasteiger partial charge on any atom is -0.397 e. The van der Waals surface area contributed by atoms with Gasteiger partial charge in [0, 0.05) is 6.92 Å². The van der Waals surface area contributed by atoms with E-state index in [1.807, 2.05) is 26.0 Å². The van der Waals surface area contributed by atoms with Crippen LogP contribution in [0.1, 0.15) is 43.4 Å². The lowest BCUT2D eigenvalue weighted by atomic mass is 10.1. The van der Waals surface area contributed by atoms with Crippen LogP contribution in [0.15, 0.2) is 23.9 Å². The lowest BCUT2D eigenvalue weighted by molar-refractivity contribution is 0.101.